The van der Waals surface area contributed by atoms with Gasteiger partial charge in [-0.1, -0.05) is 45.0 Å². The van der Waals surface area contributed by atoms with Crippen LogP contribution in [0.25, 0.3) is 16.5 Å². The number of fused-ring (bicyclic) bond motifs is 1. The minimum atomic E-state index is -0.423. The number of rotatable bonds is 19. The van der Waals surface area contributed by atoms with Crippen LogP contribution >= 0.6 is 0 Å². The lowest BCUT2D eigenvalue weighted by molar-refractivity contribution is 0.0255. The molecule has 3 N–H and O–H groups in total. The maximum atomic E-state index is 13.6. The minimum absolute atomic E-state index is 0.244. The van der Waals surface area contributed by atoms with Crippen molar-refractivity contribution in [1.82, 2.24) is 25.1 Å². The van der Waals surface area contributed by atoms with E-state index in [4.69, 9.17) is 28.8 Å². The van der Waals surface area contributed by atoms with E-state index in [1.165, 1.54) is 0 Å². The van der Waals surface area contributed by atoms with Crippen LogP contribution in [-0.4, -0.2) is 99.6 Å². The van der Waals surface area contributed by atoms with Crippen molar-refractivity contribution in [2.75, 3.05) is 83.4 Å². The van der Waals surface area contributed by atoms with Crippen LogP contribution in [0.15, 0.2) is 97.2 Å². The Morgan fingerprint density at radius 1 is 0.803 bits per heavy atom. The van der Waals surface area contributed by atoms with Crippen LogP contribution in [-0.2, 0) is 26.0 Å². The summed E-state index contributed by atoms with van der Waals surface area (Å²) in [7, 11) is 7.15. The minimum Gasteiger partial charge on any atom is -0.497 e. The average molecular weight is 831 g/mol. The third-order valence-electron chi connectivity index (χ3n) is 9.52. The summed E-state index contributed by atoms with van der Waals surface area (Å²) in [6, 6.07) is 27.7. The normalized spacial score (nSPS) is 11.3. The zero-order valence-corrected chi connectivity index (χ0v) is 35.8. The lowest BCUT2D eigenvalue weighted by atomic mass is 9.92. The molecule has 0 unspecified atom stereocenters. The molecule has 0 fully saturated rings. The number of benzene rings is 4. The first-order valence-corrected chi connectivity index (χ1v) is 20.0. The Labute approximate surface area is 356 Å². The van der Waals surface area contributed by atoms with Crippen LogP contribution in [0.5, 0.6) is 17.4 Å². The summed E-state index contributed by atoms with van der Waals surface area (Å²) < 4.78 is 29.5. The smallest absolute Gasteiger partial charge is 0.324 e. The number of anilines is 3. The quantitative estimate of drug-likeness (QED) is 0.0689. The van der Waals surface area contributed by atoms with Gasteiger partial charge in [0.05, 0.1) is 57.2 Å². The second kappa shape index (κ2) is 20.6. The number of nitrogens with zero attached hydrogens (tertiary/aromatic N) is 5. The van der Waals surface area contributed by atoms with Crippen molar-refractivity contribution in [2.45, 2.75) is 32.6 Å². The molecule has 0 radical (unpaired) electrons. The SMILES string of the molecule is COCCOCCOCCNC(=O)c1cc(Cc2nccc(Oc3ccc(NC(=O)Nc4cc(C(C)(C)C)nn4-c4ccc(N(C)C)cc4)c4ccccc34)n2)cc(OC)c1. The van der Waals surface area contributed by atoms with Gasteiger partial charge in [0.1, 0.15) is 23.1 Å². The number of hydrogen-bond donors (Lipinski definition) is 3. The molecule has 0 saturated carbocycles. The number of ether oxygens (including phenoxy) is 5. The van der Waals surface area contributed by atoms with E-state index in [2.05, 4.69) is 46.7 Å². The Balaban J connectivity index is 1.12. The summed E-state index contributed by atoms with van der Waals surface area (Å²) >= 11 is 0. The van der Waals surface area contributed by atoms with Gasteiger partial charge in [0, 0.05) is 79.9 Å². The number of aromatic nitrogens is 4. The second-order valence-electron chi connectivity index (χ2n) is 15.4. The molecule has 15 heteroatoms. The molecular formula is C46H54N8O7. The fraction of sp³-hybridized carbons (Fsp3) is 0.326. The zero-order chi connectivity index (χ0) is 43.4. The van der Waals surface area contributed by atoms with Crippen molar-refractivity contribution >= 4 is 39.9 Å². The summed E-state index contributed by atoms with van der Waals surface area (Å²) in [5, 5.41) is 15.3. The Kier molecular flexibility index (Phi) is 14.9. The van der Waals surface area contributed by atoms with E-state index in [9.17, 15) is 9.59 Å². The van der Waals surface area contributed by atoms with Gasteiger partial charge in [-0.15, -0.1) is 0 Å². The van der Waals surface area contributed by atoms with Crippen LogP contribution in [0.2, 0.25) is 0 Å². The Morgan fingerprint density at radius 2 is 1.54 bits per heavy atom. The molecule has 0 bridgehead atoms. The molecule has 0 aliphatic rings. The summed E-state index contributed by atoms with van der Waals surface area (Å²) in [5.74, 6) is 2.18. The van der Waals surface area contributed by atoms with Gasteiger partial charge >= 0.3 is 6.03 Å². The first kappa shape index (κ1) is 44.0. The average Bonchev–Trinajstić information content (AvgIpc) is 3.68. The predicted octanol–water partition coefficient (Wildman–Crippen LogP) is 7.62. The lowest BCUT2D eigenvalue weighted by Gasteiger charge is -2.15. The number of amides is 3. The fourth-order valence-electron chi connectivity index (χ4n) is 6.30. The van der Waals surface area contributed by atoms with Gasteiger partial charge in [-0.3, -0.25) is 10.1 Å². The van der Waals surface area contributed by atoms with Crippen LogP contribution in [0.4, 0.5) is 22.0 Å². The highest BCUT2D eigenvalue weighted by molar-refractivity contribution is 6.07. The van der Waals surface area contributed by atoms with Gasteiger partial charge < -0.3 is 39.2 Å². The third kappa shape index (κ3) is 12.0. The molecule has 6 aromatic rings. The molecule has 0 aliphatic carbocycles. The number of carbonyl (C=O) groups is 2. The van der Waals surface area contributed by atoms with Gasteiger partial charge in [-0.2, -0.15) is 10.1 Å². The van der Waals surface area contributed by atoms with Crippen LogP contribution in [0, 0.1) is 0 Å². The van der Waals surface area contributed by atoms with Gasteiger partial charge in [0.2, 0.25) is 5.88 Å². The summed E-state index contributed by atoms with van der Waals surface area (Å²) in [4.78, 5) is 37.9. The maximum absolute atomic E-state index is 13.6. The van der Waals surface area contributed by atoms with E-state index >= 15 is 0 Å². The van der Waals surface area contributed by atoms with Crippen LogP contribution in [0.1, 0.15) is 48.2 Å². The molecule has 3 amide bonds. The molecule has 320 valence electrons. The molecule has 15 nitrogen and oxygen atoms in total. The molecular weight excluding hydrogens is 777 g/mol. The lowest BCUT2D eigenvalue weighted by Crippen LogP contribution is -2.27. The summed E-state index contributed by atoms with van der Waals surface area (Å²) in [5.41, 5.74) is 4.28. The summed E-state index contributed by atoms with van der Waals surface area (Å²) in [6.45, 7) is 8.84. The highest BCUT2D eigenvalue weighted by Crippen LogP contribution is 2.35. The molecule has 2 heterocycles. The molecule has 61 heavy (non-hydrogen) atoms. The van der Waals surface area contributed by atoms with Crippen molar-refractivity contribution in [3.05, 3.63) is 120 Å². The van der Waals surface area contributed by atoms with Crippen molar-refractivity contribution in [3.8, 4) is 23.1 Å². The van der Waals surface area contributed by atoms with Crippen LogP contribution in [0.3, 0.4) is 0 Å². The standard InChI is InChI=1S/C46H54N8O7/c1-46(2,3)40-30-42(54(52-40)34-14-12-33(13-15-34)53(4)5)51-45(56)49-38-16-17-39(37-11-9-8-10-36(37)38)61-43-18-19-47-41(50-43)28-31-26-32(29-35(27-31)58-7)44(55)48-20-21-59-24-25-60-23-22-57-6/h8-19,26-27,29-30H,20-25,28H2,1-7H3,(H,48,55)(H2,49,51,56). The Hall–Kier alpha value is -6.55. The predicted molar refractivity (Wildman–Crippen MR) is 237 cm³/mol. The van der Waals surface area contributed by atoms with E-state index < -0.39 is 6.03 Å². The van der Waals surface area contributed by atoms with Crippen molar-refractivity contribution in [3.63, 3.8) is 0 Å². The maximum Gasteiger partial charge on any atom is 0.324 e. The number of methoxy groups -OCH3 is 2. The summed E-state index contributed by atoms with van der Waals surface area (Å²) in [6.07, 6.45) is 1.94. The largest absolute Gasteiger partial charge is 0.497 e. The third-order valence-corrected chi connectivity index (χ3v) is 9.52. The van der Waals surface area contributed by atoms with Crippen LogP contribution < -0.4 is 30.3 Å². The fourth-order valence-corrected chi connectivity index (χ4v) is 6.30. The van der Waals surface area contributed by atoms with Crippen molar-refractivity contribution < 1.29 is 33.3 Å². The highest BCUT2D eigenvalue weighted by Gasteiger charge is 2.22. The van der Waals surface area contributed by atoms with Gasteiger partial charge in [-0.25, -0.2) is 14.5 Å². The molecule has 0 saturated heterocycles. The first-order chi connectivity index (χ1) is 29.4. The molecule has 6 rings (SSSR count). The Bertz CT molecular complexity index is 2410. The number of nitrogens with one attached hydrogen (secondary N) is 3. The van der Waals surface area contributed by atoms with E-state index in [-0.39, 0.29) is 11.3 Å². The number of urea groups is 1. The monoisotopic (exact) mass is 830 g/mol. The molecule has 0 spiro atoms. The molecule has 2 aromatic heterocycles. The van der Waals surface area contributed by atoms with E-state index in [0.717, 1.165) is 33.4 Å². The van der Waals surface area contributed by atoms with Gasteiger partial charge in [-0.05, 0) is 60.2 Å². The van der Waals surface area contributed by atoms with E-state index in [1.54, 1.807) is 55.4 Å². The Morgan fingerprint density at radius 3 is 2.26 bits per heavy atom. The second-order valence-corrected chi connectivity index (χ2v) is 15.4. The van der Waals surface area contributed by atoms with E-state index in [1.807, 2.05) is 79.7 Å². The zero-order valence-electron chi connectivity index (χ0n) is 35.8. The van der Waals surface area contributed by atoms with Crippen molar-refractivity contribution in [2.24, 2.45) is 0 Å². The number of carbonyl (C=O) groups excluding carboxylic acids is 2. The van der Waals surface area contributed by atoms with Gasteiger partial charge in [0.15, 0.2) is 0 Å². The molecule has 0 aliphatic heterocycles. The number of hydrogen-bond acceptors (Lipinski definition) is 11. The first-order valence-electron chi connectivity index (χ1n) is 20.0. The molecule has 4 aromatic carbocycles. The van der Waals surface area contributed by atoms with Gasteiger partial charge in [0.25, 0.3) is 5.91 Å². The van der Waals surface area contributed by atoms with E-state index in [0.29, 0.717) is 86.3 Å². The van der Waals surface area contributed by atoms with Crippen molar-refractivity contribution in [1.29, 1.82) is 0 Å². The highest BCUT2D eigenvalue weighted by atomic mass is 16.5. The topological polar surface area (TPSA) is 163 Å². The molecule has 0 atom stereocenters.